The van der Waals surface area contributed by atoms with E-state index >= 15 is 0 Å². The van der Waals surface area contributed by atoms with Gasteiger partial charge in [0.25, 0.3) is 0 Å². The Labute approximate surface area is 100 Å². The molecule has 0 saturated heterocycles. The molecule has 4 nitrogen and oxygen atoms in total. The second-order valence-electron chi connectivity index (χ2n) is 3.53. The van der Waals surface area contributed by atoms with Crippen LogP contribution in [0.5, 0.6) is 0 Å². The minimum absolute atomic E-state index is 0.174. The lowest BCUT2D eigenvalue weighted by Crippen LogP contribution is -2.26. The summed E-state index contributed by atoms with van der Waals surface area (Å²) in [6, 6.07) is 8.84. The van der Waals surface area contributed by atoms with E-state index in [-0.39, 0.29) is 5.76 Å². The third kappa shape index (κ3) is 3.07. The molecule has 0 saturated carbocycles. The average Bonchev–Trinajstić information content (AvgIpc) is 2.39. The Morgan fingerprint density at radius 1 is 1.24 bits per heavy atom. The predicted molar refractivity (Wildman–Crippen MR) is 63.1 cm³/mol. The third-order valence-corrected chi connectivity index (χ3v) is 2.52. The van der Waals surface area contributed by atoms with E-state index in [1.54, 1.807) is 24.3 Å². The van der Waals surface area contributed by atoms with Gasteiger partial charge in [0, 0.05) is 0 Å². The van der Waals surface area contributed by atoms with Crippen molar-refractivity contribution in [1.29, 1.82) is 0 Å². The Hall–Kier alpha value is -1.81. The van der Waals surface area contributed by atoms with Gasteiger partial charge >= 0.3 is 5.97 Å². The zero-order valence-electron chi connectivity index (χ0n) is 9.92. The number of rotatable bonds is 5. The summed E-state index contributed by atoms with van der Waals surface area (Å²) in [6.07, 6.45) is -1.03. The van der Waals surface area contributed by atoms with E-state index in [2.05, 4.69) is 11.3 Å². The molecule has 0 unspecified atom stereocenters. The van der Waals surface area contributed by atoms with Gasteiger partial charge in [-0.25, -0.2) is 0 Å². The second kappa shape index (κ2) is 6.06. The number of aliphatic hydroxyl groups is 1. The van der Waals surface area contributed by atoms with Crippen LogP contribution in [0.4, 0.5) is 0 Å². The van der Waals surface area contributed by atoms with Crippen LogP contribution in [0.25, 0.3) is 0 Å². The van der Waals surface area contributed by atoms with Crippen LogP contribution in [0.3, 0.4) is 0 Å². The molecule has 0 aliphatic rings. The molecule has 17 heavy (non-hydrogen) atoms. The van der Waals surface area contributed by atoms with Gasteiger partial charge in [0.15, 0.2) is 0 Å². The lowest BCUT2D eigenvalue weighted by atomic mass is 9.94. The Bertz CT molecular complexity index is 370. The summed E-state index contributed by atoms with van der Waals surface area (Å²) in [7, 11) is 2.66. The maximum absolute atomic E-state index is 11.6. The van der Waals surface area contributed by atoms with E-state index in [0.29, 0.717) is 5.56 Å². The molecule has 2 atom stereocenters. The van der Waals surface area contributed by atoms with Crippen molar-refractivity contribution in [2.24, 2.45) is 5.92 Å². The van der Waals surface area contributed by atoms with Gasteiger partial charge in [-0.1, -0.05) is 36.9 Å². The summed E-state index contributed by atoms with van der Waals surface area (Å²) in [4.78, 5) is 11.6. The lowest BCUT2D eigenvalue weighted by molar-refractivity contribution is -0.149. The summed E-state index contributed by atoms with van der Waals surface area (Å²) in [5.41, 5.74) is 0.612. The van der Waals surface area contributed by atoms with Crippen LogP contribution in [-0.2, 0) is 14.3 Å². The van der Waals surface area contributed by atoms with Gasteiger partial charge in [0.1, 0.15) is 11.7 Å². The van der Waals surface area contributed by atoms with Crippen molar-refractivity contribution >= 4 is 5.97 Å². The van der Waals surface area contributed by atoms with Crippen molar-refractivity contribution in [1.82, 2.24) is 0 Å². The number of aliphatic hydroxyl groups excluding tert-OH is 1. The number of esters is 1. The van der Waals surface area contributed by atoms with Crippen molar-refractivity contribution in [2.45, 2.75) is 6.10 Å². The highest BCUT2D eigenvalue weighted by molar-refractivity contribution is 5.76. The summed E-state index contributed by atoms with van der Waals surface area (Å²) in [6.45, 7) is 3.61. The van der Waals surface area contributed by atoms with Gasteiger partial charge in [0.05, 0.1) is 20.3 Å². The zero-order valence-corrected chi connectivity index (χ0v) is 9.92. The number of benzene rings is 1. The van der Waals surface area contributed by atoms with Gasteiger partial charge in [-0.3, -0.25) is 4.79 Å². The third-order valence-electron chi connectivity index (χ3n) is 2.52. The smallest absolute Gasteiger partial charge is 0.319 e. The first-order valence-corrected chi connectivity index (χ1v) is 5.15. The van der Waals surface area contributed by atoms with Crippen molar-refractivity contribution in [3.05, 3.63) is 48.2 Å². The van der Waals surface area contributed by atoms with E-state index in [1.165, 1.54) is 14.2 Å². The first-order valence-electron chi connectivity index (χ1n) is 5.15. The number of carbonyl (C=O) groups excluding carboxylic acids is 1. The van der Waals surface area contributed by atoms with Crippen molar-refractivity contribution < 1.29 is 19.4 Å². The van der Waals surface area contributed by atoms with Crippen LogP contribution in [0.1, 0.15) is 11.7 Å². The normalized spacial score (nSPS) is 13.6. The van der Waals surface area contributed by atoms with Crippen molar-refractivity contribution in [2.75, 3.05) is 14.2 Å². The fourth-order valence-electron chi connectivity index (χ4n) is 1.53. The Morgan fingerprint density at radius 2 is 1.82 bits per heavy atom. The van der Waals surface area contributed by atoms with Crippen LogP contribution < -0.4 is 0 Å². The molecular formula is C13H16O4. The van der Waals surface area contributed by atoms with E-state index < -0.39 is 18.0 Å². The van der Waals surface area contributed by atoms with Gasteiger partial charge in [-0.05, 0) is 5.56 Å². The lowest BCUT2D eigenvalue weighted by Gasteiger charge is -2.21. The highest BCUT2D eigenvalue weighted by Crippen LogP contribution is 2.28. The molecule has 4 heteroatoms. The number of carbonyl (C=O) groups is 1. The SMILES string of the molecule is C=C(OC)[C@@H](C(=O)OC)[C@@H](O)c1ccccc1. The number of hydrogen-bond donors (Lipinski definition) is 1. The van der Waals surface area contributed by atoms with Crippen LogP contribution in [0.15, 0.2) is 42.7 Å². The average molecular weight is 236 g/mol. The number of methoxy groups -OCH3 is 2. The fraction of sp³-hybridized carbons (Fsp3) is 0.308. The quantitative estimate of drug-likeness (QED) is 0.624. The number of ether oxygens (including phenoxy) is 2. The Morgan fingerprint density at radius 3 is 2.29 bits per heavy atom. The molecule has 92 valence electrons. The molecule has 0 aliphatic heterocycles. The molecule has 0 heterocycles. The summed E-state index contributed by atoms with van der Waals surface area (Å²) >= 11 is 0. The maximum Gasteiger partial charge on any atom is 0.319 e. The standard InChI is InChI=1S/C13H16O4/c1-9(16-2)11(13(15)17-3)12(14)10-7-5-4-6-8-10/h4-8,11-12,14H,1H2,2-3H3/t11-,12+/m1/s1. The monoisotopic (exact) mass is 236 g/mol. The first kappa shape index (κ1) is 13.3. The maximum atomic E-state index is 11.6. The van der Waals surface area contributed by atoms with Gasteiger partial charge in [-0.15, -0.1) is 0 Å². The molecule has 0 amide bonds. The second-order valence-corrected chi connectivity index (χ2v) is 3.53. The van der Waals surface area contributed by atoms with Gasteiger partial charge < -0.3 is 14.6 Å². The number of hydrogen-bond acceptors (Lipinski definition) is 4. The molecular weight excluding hydrogens is 220 g/mol. The topological polar surface area (TPSA) is 55.8 Å². The van der Waals surface area contributed by atoms with Gasteiger partial charge in [0.2, 0.25) is 0 Å². The van der Waals surface area contributed by atoms with E-state index in [4.69, 9.17) is 4.74 Å². The first-order chi connectivity index (χ1) is 8.11. The van der Waals surface area contributed by atoms with E-state index in [1.807, 2.05) is 6.07 Å². The van der Waals surface area contributed by atoms with E-state index in [0.717, 1.165) is 0 Å². The molecule has 1 aromatic rings. The molecule has 0 aliphatic carbocycles. The van der Waals surface area contributed by atoms with Crippen molar-refractivity contribution in [3.8, 4) is 0 Å². The van der Waals surface area contributed by atoms with E-state index in [9.17, 15) is 9.90 Å². The molecule has 0 spiro atoms. The molecule has 0 fully saturated rings. The Balaban J connectivity index is 2.99. The minimum atomic E-state index is -1.03. The highest BCUT2D eigenvalue weighted by atomic mass is 16.5. The zero-order chi connectivity index (χ0) is 12.8. The van der Waals surface area contributed by atoms with Crippen LogP contribution in [-0.4, -0.2) is 25.3 Å². The fourth-order valence-corrected chi connectivity index (χ4v) is 1.53. The summed E-state index contributed by atoms with van der Waals surface area (Å²) in [5, 5.41) is 10.1. The van der Waals surface area contributed by atoms with Crippen LogP contribution in [0, 0.1) is 5.92 Å². The predicted octanol–water partition coefficient (Wildman–Crippen LogP) is 1.67. The van der Waals surface area contributed by atoms with Gasteiger partial charge in [-0.2, -0.15) is 0 Å². The van der Waals surface area contributed by atoms with Crippen molar-refractivity contribution in [3.63, 3.8) is 0 Å². The molecule has 0 radical (unpaired) electrons. The largest absolute Gasteiger partial charge is 0.501 e. The highest BCUT2D eigenvalue weighted by Gasteiger charge is 2.32. The van der Waals surface area contributed by atoms with Crippen LogP contribution in [0.2, 0.25) is 0 Å². The Kier molecular flexibility index (Phi) is 4.72. The molecule has 0 bridgehead atoms. The summed E-state index contributed by atoms with van der Waals surface area (Å²) < 4.78 is 9.56. The molecule has 1 rings (SSSR count). The van der Waals surface area contributed by atoms with Crippen LogP contribution >= 0.6 is 0 Å². The minimum Gasteiger partial charge on any atom is -0.501 e. The molecule has 1 aromatic carbocycles. The summed E-state index contributed by atoms with van der Waals surface area (Å²) in [5.74, 6) is -1.33. The molecule has 0 aromatic heterocycles. The molecule has 1 N–H and O–H groups in total.